The molecule has 0 aromatic carbocycles. The monoisotopic (exact) mass is 240 g/mol. The summed E-state index contributed by atoms with van der Waals surface area (Å²) in [5.74, 6) is -0.200. The van der Waals surface area contributed by atoms with Crippen LogP contribution in [0, 0.1) is 5.92 Å². The first-order valence-corrected chi connectivity index (χ1v) is 6.38. The first-order valence-electron chi connectivity index (χ1n) is 6.38. The van der Waals surface area contributed by atoms with Crippen LogP contribution in [0.15, 0.2) is 0 Å². The second-order valence-corrected chi connectivity index (χ2v) is 5.14. The van der Waals surface area contributed by atoms with Gasteiger partial charge in [-0.25, -0.2) is 9.59 Å². The lowest BCUT2D eigenvalue weighted by molar-refractivity contribution is -0.141. The van der Waals surface area contributed by atoms with E-state index < -0.39 is 12.0 Å². The van der Waals surface area contributed by atoms with Crippen LogP contribution >= 0.6 is 0 Å². The molecule has 0 aromatic rings. The number of amides is 2. The normalized spacial score (nSPS) is 26.3. The number of carboxylic acids is 1. The zero-order valence-corrected chi connectivity index (χ0v) is 10.3. The third-order valence-electron chi connectivity index (χ3n) is 3.84. The number of likely N-dealkylation sites (tertiary alicyclic amines) is 2. The average Bonchev–Trinajstić information content (AvgIpc) is 2.78. The lowest BCUT2D eigenvalue weighted by Crippen LogP contribution is -2.50. The molecule has 96 valence electrons. The summed E-state index contributed by atoms with van der Waals surface area (Å²) in [6.45, 7) is 4.31. The second kappa shape index (κ2) is 4.94. The predicted molar refractivity (Wildman–Crippen MR) is 62.7 cm³/mol. The van der Waals surface area contributed by atoms with Crippen LogP contribution in [0.5, 0.6) is 0 Å². The molecule has 0 bridgehead atoms. The number of hydrogen-bond acceptors (Lipinski definition) is 2. The number of urea groups is 1. The molecule has 0 aromatic heterocycles. The molecule has 1 N–H and O–H groups in total. The van der Waals surface area contributed by atoms with Crippen LogP contribution in [-0.2, 0) is 4.79 Å². The van der Waals surface area contributed by atoms with Gasteiger partial charge in [-0.1, -0.05) is 6.92 Å². The minimum absolute atomic E-state index is 0.0817. The minimum Gasteiger partial charge on any atom is -0.480 e. The fourth-order valence-electron chi connectivity index (χ4n) is 2.63. The lowest BCUT2D eigenvalue weighted by Gasteiger charge is -2.34. The quantitative estimate of drug-likeness (QED) is 0.753. The number of nitrogens with zero attached hydrogens (tertiary/aromatic N) is 2. The summed E-state index contributed by atoms with van der Waals surface area (Å²) in [6.07, 6.45) is 3.44. The molecule has 5 heteroatoms. The van der Waals surface area contributed by atoms with Gasteiger partial charge < -0.3 is 14.9 Å². The summed E-state index contributed by atoms with van der Waals surface area (Å²) in [4.78, 5) is 26.6. The van der Waals surface area contributed by atoms with Gasteiger partial charge in [0.15, 0.2) is 0 Å². The molecule has 2 saturated heterocycles. The molecule has 2 amide bonds. The van der Waals surface area contributed by atoms with Gasteiger partial charge in [-0.05, 0) is 31.6 Å². The minimum atomic E-state index is -0.874. The maximum Gasteiger partial charge on any atom is 0.326 e. The third-order valence-corrected chi connectivity index (χ3v) is 3.84. The molecule has 5 nitrogen and oxygen atoms in total. The SMILES string of the molecule is CC1CCN(C(=O)N2CCCC2C(=O)O)CC1. The molecule has 2 aliphatic heterocycles. The van der Waals surface area contributed by atoms with Crippen LogP contribution in [0.1, 0.15) is 32.6 Å². The molecule has 0 saturated carbocycles. The van der Waals surface area contributed by atoms with Crippen LogP contribution in [-0.4, -0.2) is 52.6 Å². The molecule has 1 unspecified atom stereocenters. The number of carboxylic acid groups (broad SMARTS) is 1. The van der Waals surface area contributed by atoms with Gasteiger partial charge in [0.05, 0.1) is 0 Å². The van der Waals surface area contributed by atoms with Crippen LogP contribution in [0.4, 0.5) is 4.79 Å². The highest BCUT2D eigenvalue weighted by Gasteiger charge is 2.36. The predicted octanol–water partition coefficient (Wildman–Crippen LogP) is 1.39. The molecule has 17 heavy (non-hydrogen) atoms. The number of carbonyl (C=O) groups is 2. The average molecular weight is 240 g/mol. The van der Waals surface area contributed by atoms with E-state index in [1.54, 1.807) is 4.90 Å². The van der Waals surface area contributed by atoms with Crippen molar-refractivity contribution in [3.63, 3.8) is 0 Å². The highest BCUT2D eigenvalue weighted by molar-refractivity contribution is 5.83. The van der Waals surface area contributed by atoms with Crippen molar-refractivity contribution in [2.75, 3.05) is 19.6 Å². The molecule has 2 fully saturated rings. The standard InChI is InChI=1S/C12H20N2O3/c1-9-4-7-13(8-5-9)12(17)14-6-2-3-10(14)11(15)16/h9-10H,2-8H2,1H3,(H,15,16). The van der Waals surface area contributed by atoms with E-state index in [2.05, 4.69) is 6.92 Å². The van der Waals surface area contributed by atoms with Gasteiger partial charge in [-0.2, -0.15) is 0 Å². The van der Waals surface area contributed by atoms with E-state index in [4.69, 9.17) is 5.11 Å². The van der Waals surface area contributed by atoms with Crippen LogP contribution in [0.3, 0.4) is 0 Å². The largest absolute Gasteiger partial charge is 0.480 e. The van der Waals surface area contributed by atoms with E-state index in [1.165, 1.54) is 4.90 Å². The van der Waals surface area contributed by atoms with Crippen LogP contribution in [0.2, 0.25) is 0 Å². The number of carbonyl (C=O) groups excluding carboxylic acids is 1. The van der Waals surface area contributed by atoms with E-state index >= 15 is 0 Å². The van der Waals surface area contributed by atoms with Gasteiger partial charge in [0.1, 0.15) is 6.04 Å². The Labute approximate surface area is 101 Å². The van der Waals surface area contributed by atoms with E-state index in [9.17, 15) is 9.59 Å². The van der Waals surface area contributed by atoms with Crippen molar-refractivity contribution < 1.29 is 14.7 Å². The van der Waals surface area contributed by atoms with Crippen molar-refractivity contribution >= 4 is 12.0 Å². The Bertz CT molecular complexity index is 311. The Balaban J connectivity index is 1.97. The fourth-order valence-corrected chi connectivity index (χ4v) is 2.63. The molecule has 1 atom stereocenters. The zero-order chi connectivity index (χ0) is 12.4. The van der Waals surface area contributed by atoms with Gasteiger partial charge in [-0.15, -0.1) is 0 Å². The summed E-state index contributed by atoms with van der Waals surface area (Å²) in [5.41, 5.74) is 0. The smallest absolute Gasteiger partial charge is 0.326 e. The van der Waals surface area contributed by atoms with Gasteiger partial charge in [0.25, 0.3) is 0 Å². The highest BCUT2D eigenvalue weighted by Crippen LogP contribution is 2.22. The van der Waals surface area contributed by atoms with Crippen molar-refractivity contribution in [2.24, 2.45) is 5.92 Å². The summed E-state index contributed by atoms with van der Waals surface area (Å²) in [6, 6.07) is -0.691. The summed E-state index contributed by atoms with van der Waals surface area (Å²) in [7, 11) is 0. The van der Waals surface area contributed by atoms with Crippen molar-refractivity contribution in [3.8, 4) is 0 Å². The number of piperidine rings is 1. The van der Waals surface area contributed by atoms with E-state index in [-0.39, 0.29) is 6.03 Å². The first kappa shape index (κ1) is 12.2. The van der Waals surface area contributed by atoms with Gasteiger partial charge in [0.2, 0.25) is 0 Å². The Hall–Kier alpha value is -1.26. The zero-order valence-electron chi connectivity index (χ0n) is 10.3. The van der Waals surface area contributed by atoms with E-state index in [0.717, 1.165) is 32.4 Å². The summed E-state index contributed by atoms with van der Waals surface area (Å²) >= 11 is 0. The van der Waals surface area contributed by atoms with E-state index in [0.29, 0.717) is 18.9 Å². The second-order valence-electron chi connectivity index (χ2n) is 5.14. The molecule has 2 aliphatic rings. The third kappa shape index (κ3) is 2.53. The Morgan fingerprint density at radius 3 is 2.35 bits per heavy atom. The van der Waals surface area contributed by atoms with E-state index in [1.807, 2.05) is 0 Å². The van der Waals surface area contributed by atoms with Gasteiger partial charge >= 0.3 is 12.0 Å². The Kier molecular flexibility index (Phi) is 3.54. The lowest BCUT2D eigenvalue weighted by atomic mass is 9.99. The van der Waals surface area contributed by atoms with Crippen molar-refractivity contribution in [2.45, 2.75) is 38.6 Å². The molecule has 0 spiro atoms. The summed E-state index contributed by atoms with van der Waals surface area (Å²) < 4.78 is 0. The highest BCUT2D eigenvalue weighted by atomic mass is 16.4. The van der Waals surface area contributed by atoms with Gasteiger partial charge in [0, 0.05) is 19.6 Å². The first-order chi connectivity index (χ1) is 8.09. The molecule has 0 aliphatic carbocycles. The molecule has 2 rings (SSSR count). The van der Waals surface area contributed by atoms with Crippen LogP contribution < -0.4 is 0 Å². The van der Waals surface area contributed by atoms with Gasteiger partial charge in [-0.3, -0.25) is 0 Å². The number of rotatable bonds is 1. The number of aliphatic carboxylic acids is 1. The Morgan fingerprint density at radius 2 is 1.76 bits per heavy atom. The summed E-state index contributed by atoms with van der Waals surface area (Å²) in [5, 5.41) is 9.06. The topological polar surface area (TPSA) is 60.9 Å². The van der Waals surface area contributed by atoms with Crippen LogP contribution in [0.25, 0.3) is 0 Å². The Morgan fingerprint density at radius 1 is 1.12 bits per heavy atom. The number of hydrogen-bond donors (Lipinski definition) is 1. The fraction of sp³-hybridized carbons (Fsp3) is 0.833. The van der Waals surface area contributed by atoms with Crippen molar-refractivity contribution in [1.29, 1.82) is 0 Å². The maximum atomic E-state index is 12.2. The van der Waals surface area contributed by atoms with Crippen molar-refractivity contribution in [1.82, 2.24) is 9.80 Å². The molecular formula is C12H20N2O3. The van der Waals surface area contributed by atoms with Crippen molar-refractivity contribution in [3.05, 3.63) is 0 Å². The maximum absolute atomic E-state index is 12.2. The molecular weight excluding hydrogens is 220 g/mol. The molecule has 2 heterocycles. The molecule has 0 radical (unpaired) electrons.